The van der Waals surface area contributed by atoms with Crippen molar-refractivity contribution in [1.29, 1.82) is 0 Å². The second-order valence-corrected chi connectivity index (χ2v) is 7.85. The van der Waals surface area contributed by atoms with Crippen molar-refractivity contribution in [2.75, 3.05) is 6.61 Å². The Hall–Kier alpha value is -1.72. The van der Waals surface area contributed by atoms with E-state index in [1.165, 1.54) is 12.1 Å². The average Bonchev–Trinajstić information content (AvgIpc) is 3.24. The fourth-order valence-electron chi connectivity index (χ4n) is 2.99. The molecule has 3 atom stereocenters. The van der Waals surface area contributed by atoms with E-state index in [-0.39, 0.29) is 29.2 Å². The zero-order valence-corrected chi connectivity index (χ0v) is 12.9. The van der Waals surface area contributed by atoms with E-state index in [2.05, 4.69) is 0 Å². The zero-order valence-electron chi connectivity index (χ0n) is 12.1. The quantitative estimate of drug-likeness (QED) is 0.942. The van der Waals surface area contributed by atoms with Crippen LogP contribution in [0.25, 0.3) is 0 Å². The van der Waals surface area contributed by atoms with Gasteiger partial charge in [0.1, 0.15) is 5.82 Å². The molecule has 0 bridgehead atoms. The van der Waals surface area contributed by atoms with Crippen LogP contribution in [0.2, 0.25) is 0 Å². The molecule has 2 aromatic rings. The molecule has 1 aliphatic carbocycles. The number of hydrogen-bond acceptors (Lipinski definition) is 3. The summed E-state index contributed by atoms with van der Waals surface area (Å²) < 4.78 is 38.5. The maximum absolute atomic E-state index is 13.0. The van der Waals surface area contributed by atoms with E-state index in [1.807, 2.05) is 6.92 Å². The van der Waals surface area contributed by atoms with Crippen LogP contribution in [0, 0.1) is 18.7 Å². The molecule has 0 aromatic heterocycles. The molecule has 1 aliphatic rings. The summed E-state index contributed by atoms with van der Waals surface area (Å²) in [5.74, 6) is -0.975. The van der Waals surface area contributed by atoms with Crippen molar-refractivity contribution in [3.05, 3.63) is 65.5 Å². The van der Waals surface area contributed by atoms with E-state index in [0.29, 0.717) is 0 Å². The van der Waals surface area contributed by atoms with Crippen LogP contribution >= 0.6 is 0 Å². The van der Waals surface area contributed by atoms with Gasteiger partial charge >= 0.3 is 0 Å². The number of hydrogen-bond donors (Lipinski definition) is 1. The van der Waals surface area contributed by atoms with Crippen LogP contribution in [0.1, 0.15) is 17.0 Å². The second-order valence-electron chi connectivity index (χ2n) is 5.75. The highest BCUT2D eigenvalue weighted by Gasteiger charge is 2.58. The zero-order chi connectivity index (χ0) is 15.9. The van der Waals surface area contributed by atoms with Gasteiger partial charge in [0.2, 0.25) is 0 Å². The molecule has 5 heteroatoms. The van der Waals surface area contributed by atoms with Crippen LogP contribution in [0.3, 0.4) is 0 Å². The van der Waals surface area contributed by atoms with Gasteiger partial charge in [-0.15, -0.1) is 0 Å². The van der Waals surface area contributed by atoms with Crippen molar-refractivity contribution in [1.82, 2.24) is 0 Å². The molecule has 1 fully saturated rings. The van der Waals surface area contributed by atoms with Gasteiger partial charge in [0, 0.05) is 18.4 Å². The first-order valence-corrected chi connectivity index (χ1v) is 8.66. The monoisotopic (exact) mass is 320 g/mol. The summed E-state index contributed by atoms with van der Waals surface area (Å²) >= 11 is 0. The van der Waals surface area contributed by atoms with Crippen LogP contribution in [0.4, 0.5) is 4.39 Å². The largest absolute Gasteiger partial charge is 0.396 e. The maximum atomic E-state index is 13.0. The Morgan fingerprint density at radius 2 is 1.64 bits per heavy atom. The second kappa shape index (κ2) is 5.48. The van der Waals surface area contributed by atoms with Crippen LogP contribution in [0.15, 0.2) is 53.4 Å². The maximum Gasteiger partial charge on any atom is 0.182 e. The SMILES string of the molecule is Cc1ccc(S(=O)(=O)C2C(CO)C2c2ccc(F)cc2)cc1. The fraction of sp³-hybridized carbons (Fsp3) is 0.294. The predicted molar refractivity (Wildman–Crippen MR) is 81.9 cm³/mol. The summed E-state index contributed by atoms with van der Waals surface area (Å²) in [6, 6.07) is 12.5. The van der Waals surface area contributed by atoms with Gasteiger partial charge in [-0.05, 0) is 36.8 Å². The summed E-state index contributed by atoms with van der Waals surface area (Å²) in [4.78, 5) is 0.270. The molecule has 0 aliphatic heterocycles. The third-order valence-corrected chi connectivity index (χ3v) is 6.56. The van der Waals surface area contributed by atoms with E-state index in [0.717, 1.165) is 11.1 Å². The Kier molecular flexibility index (Phi) is 3.78. The first-order chi connectivity index (χ1) is 10.4. The van der Waals surface area contributed by atoms with Gasteiger partial charge in [-0.3, -0.25) is 0 Å². The molecule has 1 saturated carbocycles. The molecule has 3 nitrogen and oxygen atoms in total. The molecule has 3 unspecified atom stereocenters. The lowest BCUT2D eigenvalue weighted by atomic mass is 10.1. The lowest BCUT2D eigenvalue weighted by Crippen LogP contribution is -2.11. The molecule has 22 heavy (non-hydrogen) atoms. The van der Waals surface area contributed by atoms with E-state index in [4.69, 9.17) is 0 Å². The van der Waals surface area contributed by atoms with E-state index >= 15 is 0 Å². The Bertz CT molecular complexity index is 767. The van der Waals surface area contributed by atoms with Crippen LogP contribution in [-0.2, 0) is 9.84 Å². The van der Waals surface area contributed by atoms with Gasteiger partial charge in [-0.25, -0.2) is 12.8 Å². The van der Waals surface area contributed by atoms with Gasteiger partial charge in [0.05, 0.1) is 10.1 Å². The van der Waals surface area contributed by atoms with Crippen molar-refractivity contribution in [3.63, 3.8) is 0 Å². The Morgan fingerprint density at radius 3 is 2.18 bits per heavy atom. The summed E-state index contributed by atoms with van der Waals surface area (Å²) in [5, 5.41) is 8.83. The topological polar surface area (TPSA) is 54.4 Å². The Morgan fingerprint density at radius 1 is 1.05 bits per heavy atom. The minimum atomic E-state index is -3.51. The highest BCUT2D eigenvalue weighted by atomic mass is 32.2. The molecule has 0 amide bonds. The molecule has 0 saturated heterocycles. The number of aliphatic hydroxyl groups is 1. The molecule has 1 N–H and O–H groups in total. The fourth-order valence-corrected chi connectivity index (χ4v) is 5.19. The highest BCUT2D eigenvalue weighted by molar-refractivity contribution is 7.92. The number of halogens is 1. The minimum Gasteiger partial charge on any atom is -0.396 e. The third-order valence-electron chi connectivity index (χ3n) is 4.27. The van der Waals surface area contributed by atoms with Crippen molar-refractivity contribution in [2.45, 2.75) is 23.0 Å². The predicted octanol–water partition coefficient (Wildman–Crippen LogP) is 2.68. The number of benzene rings is 2. The van der Waals surface area contributed by atoms with Crippen molar-refractivity contribution >= 4 is 9.84 Å². The van der Waals surface area contributed by atoms with Crippen molar-refractivity contribution < 1.29 is 17.9 Å². The van der Waals surface area contributed by atoms with E-state index in [1.54, 1.807) is 36.4 Å². The standard InChI is InChI=1S/C17H17FO3S/c1-11-2-8-14(9-3-11)22(20,21)17-15(10-19)16(17)12-4-6-13(18)7-5-12/h2-9,15-17,19H,10H2,1H3. The number of sulfone groups is 1. The molecule has 0 radical (unpaired) electrons. The van der Waals surface area contributed by atoms with E-state index in [9.17, 15) is 17.9 Å². The average molecular weight is 320 g/mol. The number of rotatable bonds is 4. The van der Waals surface area contributed by atoms with E-state index < -0.39 is 15.1 Å². The van der Waals surface area contributed by atoms with Crippen molar-refractivity contribution in [2.24, 2.45) is 5.92 Å². The van der Waals surface area contributed by atoms with Gasteiger partial charge in [0.15, 0.2) is 9.84 Å². The summed E-state index contributed by atoms with van der Waals surface area (Å²) in [5.41, 5.74) is 1.74. The molecule has 2 aromatic carbocycles. The molecule has 116 valence electrons. The summed E-state index contributed by atoms with van der Waals surface area (Å²) in [7, 11) is -3.51. The summed E-state index contributed by atoms with van der Waals surface area (Å²) in [6.45, 7) is 1.70. The number of aliphatic hydroxyl groups excluding tert-OH is 1. The van der Waals surface area contributed by atoms with Crippen molar-refractivity contribution in [3.8, 4) is 0 Å². The lowest BCUT2D eigenvalue weighted by molar-refractivity contribution is 0.274. The first kappa shape index (κ1) is 15.2. The smallest absolute Gasteiger partial charge is 0.182 e. The van der Waals surface area contributed by atoms with Gasteiger partial charge in [0.25, 0.3) is 0 Å². The number of aryl methyl sites for hydroxylation is 1. The normalized spacial score (nSPS) is 24.2. The molecule has 3 rings (SSSR count). The van der Waals surface area contributed by atoms with Gasteiger partial charge < -0.3 is 5.11 Å². The Balaban J connectivity index is 1.93. The van der Waals surface area contributed by atoms with Crippen LogP contribution in [0.5, 0.6) is 0 Å². The van der Waals surface area contributed by atoms with Crippen LogP contribution in [-0.4, -0.2) is 25.4 Å². The van der Waals surface area contributed by atoms with Crippen LogP contribution < -0.4 is 0 Å². The molecular weight excluding hydrogens is 303 g/mol. The molecule has 0 spiro atoms. The van der Waals surface area contributed by atoms with Gasteiger partial charge in [-0.2, -0.15) is 0 Å². The molecular formula is C17H17FO3S. The minimum absolute atomic E-state index is 0.197. The van der Waals surface area contributed by atoms with Gasteiger partial charge in [-0.1, -0.05) is 29.8 Å². The highest BCUT2D eigenvalue weighted by Crippen LogP contribution is 2.53. The third kappa shape index (κ3) is 2.55. The first-order valence-electron chi connectivity index (χ1n) is 7.12. The lowest BCUT2D eigenvalue weighted by Gasteiger charge is -2.05. The Labute approximate surface area is 129 Å². The summed E-state index contributed by atoms with van der Waals surface area (Å²) in [6.07, 6.45) is 0. The molecule has 0 heterocycles.